The maximum Gasteiger partial charge on any atom is 0.190 e. The third-order valence-electron chi connectivity index (χ3n) is 3.57. The van der Waals surface area contributed by atoms with E-state index in [0.717, 1.165) is 6.42 Å². The summed E-state index contributed by atoms with van der Waals surface area (Å²) in [7, 11) is 0. The lowest BCUT2D eigenvalue weighted by Gasteiger charge is -2.28. The Kier molecular flexibility index (Phi) is 3.59. The quantitative estimate of drug-likeness (QED) is 0.858. The number of benzene rings is 1. The minimum absolute atomic E-state index is 0.129. The van der Waals surface area contributed by atoms with Gasteiger partial charge in [0.15, 0.2) is 5.79 Å². The molecule has 2 unspecified atom stereocenters. The van der Waals surface area contributed by atoms with E-state index in [-0.39, 0.29) is 6.10 Å². The highest BCUT2D eigenvalue weighted by Crippen LogP contribution is 2.29. The molecule has 0 saturated carbocycles. The molecule has 1 aromatic carbocycles. The van der Waals surface area contributed by atoms with Crippen LogP contribution in [0.1, 0.15) is 18.1 Å². The van der Waals surface area contributed by atoms with Crippen LogP contribution in [0.25, 0.3) is 0 Å². The van der Waals surface area contributed by atoms with Gasteiger partial charge in [-0.25, -0.2) is 4.98 Å². The van der Waals surface area contributed by atoms with Gasteiger partial charge in [0.2, 0.25) is 0 Å². The Morgan fingerprint density at radius 3 is 2.75 bits per heavy atom. The molecule has 2 aromatic rings. The van der Waals surface area contributed by atoms with E-state index < -0.39 is 5.79 Å². The molecule has 0 bridgehead atoms. The van der Waals surface area contributed by atoms with Gasteiger partial charge >= 0.3 is 0 Å². The Morgan fingerprint density at radius 1 is 1.35 bits per heavy atom. The summed E-state index contributed by atoms with van der Waals surface area (Å²) in [5.41, 5.74) is 2.49. The van der Waals surface area contributed by atoms with Crippen LogP contribution < -0.4 is 0 Å². The first kappa shape index (κ1) is 13.3. The number of imidazole rings is 1. The van der Waals surface area contributed by atoms with Gasteiger partial charge in [0, 0.05) is 18.8 Å². The second-order valence-corrected chi connectivity index (χ2v) is 5.55. The molecule has 1 aliphatic heterocycles. The topological polar surface area (TPSA) is 36.3 Å². The highest BCUT2D eigenvalue weighted by molar-refractivity contribution is 5.22. The second-order valence-electron chi connectivity index (χ2n) is 5.55. The van der Waals surface area contributed by atoms with Gasteiger partial charge in [0.25, 0.3) is 0 Å². The average Bonchev–Trinajstić information content (AvgIpc) is 3.04. The van der Waals surface area contributed by atoms with Crippen molar-refractivity contribution in [2.45, 2.75) is 38.7 Å². The SMILES string of the molecule is Cc1ccc(CC2(Cn3ccnc3)OCC(C)O2)cc1. The maximum absolute atomic E-state index is 6.09. The van der Waals surface area contributed by atoms with Gasteiger partial charge in [-0.1, -0.05) is 29.8 Å². The van der Waals surface area contributed by atoms with E-state index in [9.17, 15) is 0 Å². The first-order chi connectivity index (χ1) is 9.65. The van der Waals surface area contributed by atoms with Gasteiger partial charge in [0.05, 0.1) is 25.6 Å². The van der Waals surface area contributed by atoms with Crippen LogP contribution in [-0.2, 0) is 22.4 Å². The summed E-state index contributed by atoms with van der Waals surface area (Å²) in [6, 6.07) is 8.53. The highest BCUT2D eigenvalue weighted by atomic mass is 16.7. The fraction of sp³-hybridized carbons (Fsp3) is 0.438. The molecular weight excluding hydrogens is 252 g/mol. The zero-order valence-corrected chi connectivity index (χ0v) is 12.0. The minimum atomic E-state index is -0.588. The molecule has 1 saturated heterocycles. The zero-order valence-electron chi connectivity index (χ0n) is 12.0. The van der Waals surface area contributed by atoms with Gasteiger partial charge in [-0.15, -0.1) is 0 Å². The third-order valence-corrected chi connectivity index (χ3v) is 3.57. The van der Waals surface area contributed by atoms with E-state index in [2.05, 4.69) is 36.2 Å². The summed E-state index contributed by atoms with van der Waals surface area (Å²) in [6.07, 6.45) is 6.39. The van der Waals surface area contributed by atoms with Crippen molar-refractivity contribution < 1.29 is 9.47 Å². The van der Waals surface area contributed by atoms with Crippen molar-refractivity contribution in [2.24, 2.45) is 0 Å². The predicted molar refractivity (Wildman–Crippen MR) is 76.3 cm³/mol. The molecule has 0 aliphatic carbocycles. The lowest BCUT2D eigenvalue weighted by molar-refractivity contribution is -0.175. The predicted octanol–water partition coefficient (Wildman–Crippen LogP) is 2.57. The standard InChI is InChI=1S/C16H20N2O2/c1-13-3-5-15(6-4-13)9-16(19-10-14(2)20-16)11-18-8-7-17-12-18/h3-8,12,14H,9-11H2,1-2H3. The zero-order chi connectivity index (χ0) is 14.0. The highest BCUT2D eigenvalue weighted by Gasteiger charge is 2.40. The number of aryl methyl sites for hydroxylation is 1. The molecule has 4 nitrogen and oxygen atoms in total. The molecule has 1 aliphatic rings. The van der Waals surface area contributed by atoms with Crippen LogP contribution in [0.15, 0.2) is 43.0 Å². The van der Waals surface area contributed by atoms with Gasteiger partial charge in [-0.05, 0) is 19.4 Å². The molecule has 0 spiro atoms. The maximum atomic E-state index is 6.09. The largest absolute Gasteiger partial charge is 0.345 e. The van der Waals surface area contributed by atoms with Crippen LogP contribution in [0.3, 0.4) is 0 Å². The molecule has 2 atom stereocenters. The van der Waals surface area contributed by atoms with E-state index in [1.54, 1.807) is 12.5 Å². The summed E-state index contributed by atoms with van der Waals surface area (Å²) in [5.74, 6) is -0.588. The summed E-state index contributed by atoms with van der Waals surface area (Å²) >= 11 is 0. The molecule has 0 radical (unpaired) electrons. The summed E-state index contributed by atoms with van der Waals surface area (Å²) in [6.45, 7) is 5.44. The van der Waals surface area contributed by atoms with Crippen molar-refractivity contribution >= 4 is 0 Å². The number of nitrogens with zero attached hydrogens (tertiary/aromatic N) is 2. The minimum Gasteiger partial charge on any atom is -0.345 e. The second kappa shape index (κ2) is 5.38. The molecule has 0 amide bonds. The van der Waals surface area contributed by atoms with Crippen LogP contribution in [0.2, 0.25) is 0 Å². The molecule has 1 aromatic heterocycles. The Bertz CT molecular complexity index is 550. The summed E-state index contributed by atoms with van der Waals surface area (Å²) in [5, 5.41) is 0. The van der Waals surface area contributed by atoms with Crippen molar-refractivity contribution in [3.05, 3.63) is 54.1 Å². The van der Waals surface area contributed by atoms with Gasteiger partial charge < -0.3 is 14.0 Å². The number of hydrogen-bond acceptors (Lipinski definition) is 3. The Labute approximate surface area is 119 Å². The van der Waals surface area contributed by atoms with Crippen molar-refractivity contribution in [1.29, 1.82) is 0 Å². The average molecular weight is 272 g/mol. The van der Waals surface area contributed by atoms with Gasteiger partial charge in [0.1, 0.15) is 0 Å². The van der Waals surface area contributed by atoms with E-state index in [1.165, 1.54) is 11.1 Å². The fourth-order valence-corrected chi connectivity index (χ4v) is 2.61. The summed E-state index contributed by atoms with van der Waals surface area (Å²) in [4.78, 5) is 4.08. The van der Waals surface area contributed by atoms with Crippen LogP contribution >= 0.6 is 0 Å². The fourth-order valence-electron chi connectivity index (χ4n) is 2.61. The molecule has 4 heteroatoms. The normalized spacial score (nSPS) is 26.0. The third kappa shape index (κ3) is 2.92. The monoisotopic (exact) mass is 272 g/mol. The first-order valence-electron chi connectivity index (χ1n) is 6.98. The number of hydrogen-bond donors (Lipinski definition) is 0. The number of ether oxygens (including phenoxy) is 2. The molecule has 1 fully saturated rings. The van der Waals surface area contributed by atoms with Crippen molar-refractivity contribution in [3.8, 4) is 0 Å². The number of aromatic nitrogens is 2. The van der Waals surface area contributed by atoms with E-state index >= 15 is 0 Å². The number of rotatable bonds is 4. The molecule has 20 heavy (non-hydrogen) atoms. The van der Waals surface area contributed by atoms with Crippen LogP contribution in [0, 0.1) is 6.92 Å². The smallest absolute Gasteiger partial charge is 0.190 e. The van der Waals surface area contributed by atoms with Crippen LogP contribution in [0.5, 0.6) is 0 Å². The Balaban J connectivity index is 1.80. The molecular formula is C16H20N2O2. The molecule has 2 heterocycles. The molecule has 3 rings (SSSR count). The van der Waals surface area contributed by atoms with E-state index in [4.69, 9.17) is 9.47 Å². The first-order valence-corrected chi connectivity index (χ1v) is 6.98. The van der Waals surface area contributed by atoms with Crippen LogP contribution in [0.4, 0.5) is 0 Å². The Hall–Kier alpha value is -1.65. The Morgan fingerprint density at radius 2 is 2.15 bits per heavy atom. The van der Waals surface area contributed by atoms with Gasteiger partial charge in [-0.2, -0.15) is 0 Å². The molecule has 0 N–H and O–H groups in total. The van der Waals surface area contributed by atoms with Crippen LogP contribution in [-0.4, -0.2) is 28.0 Å². The van der Waals surface area contributed by atoms with E-state index in [1.807, 2.05) is 17.7 Å². The van der Waals surface area contributed by atoms with Crippen molar-refractivity contribution in [3.63, 3.8) is 0 Å². The van der Waals surface area contributed by atoms with Gasteiger partial charge in [-0.3, -0.25) is 0 Å². The van der Waals surface area contributed by atoms with Crippen molar-refractivity contribution in [1.82, 2.24) is 9.55 Å². The lowest BCUT2D eigenvalue weighted by atomic mass is 10.0. The summed E-state index contributed by atoms with van der Waals surface area (Å²) < 4.78 is 14.1. The molecule has 106 valence electrons. The van der Waals surface area contributed by atoms with Crippen molar-refractivity contribution in [2.75, 3.05) is 6.61 Å². The lowest BCUT2D eigenvalue weighted by Crippen LogP contribution is -2.38. The van der Waals surface area contributed by atoms with E-state index in [0.29, 0.717) is 13.2 Å².